The van der Waals surface area contributed by atoms with Crippen LogP contribution in [-0.2, 0) is 13.1 Å². The molecule has 0 aliphatic heterocycles. The quantitative estimate of drug-likeness (QED) is 0.385. The maximum atomic E-state index is 13.1. The number of benzene rings is 1. The molecule has 26 heavy (non-hydrogen) atoms. The molecule has 1 aromatic carbocycles. The molecule has 0 unspecified atom stereocenters. The summed E-state index contributed by atoms with van der Waals surface area (Å²) >= 11 is 0. The zero-order valence-electron chi connectivity index (χ0n) is 14.3. The Morgan fingerprint density at radius 2 is 1.96 bits per heavy atom. The normalized spacial score (nSPS) is 10.9. The second kappa shape index (κ2) is 6.91. The summed E-state index contributed by atoms with van der Waals surface area (Å²) in [5.74, 6) is -0.740. The Bertz CT molecular complexity index is 973. The van der Waals surface area contributed by atoms with E-state index in [1.54, 1.807) is 18.2 Å². The van der Waals surface area contributed by atoms with Crippen LogP contribution in [0, 0.1) is 29.8 Å². The average molecular weight is 356 g/mol. The Morgan fingerprint density at radius 1 is 1.27 bits per heavy atom. The molecule has 0 aliphatic carbocycles. The molecule has 8 heteroatoms. The fourth-order valence-corrected chi connectivity index (χ4v) is 2.88. The summed E-state index contributed by atoms with van der Waals surface area (Å²) in [4.78, 5) is 26.3. The second-order valence-corrected chi connectivity index (χ2v) is 6.08. The number of carbonyl (C=O) groups is 1. The second-order valence-electron chi connectivity index (χ2n) is 6.08. The van der Waals surface area contributed by atoms with Crippen molar-refractivity contribution < 1.29 is 14.1 Å². The van der Waals surface area contributed by atoms with Gasteiger partial charge in [-0.2, -0.15) is 0 Å². The molecule has 2 heterocycles. The van der Waals surface area contributed by atoms with E-state index >= 15 is 0 Å². The number of imidazole rings is 1. The minimum absolute atomic E-state index is 0.0261. The number of halogens is 1. The van der Waals surface area contributed by atoms with Crippen LogP contribution in [-0.4, -0.2) is 24.8 Å². The SMILES string of the molecule is Cc1cc(C(=O)Cn2cnc([N+](=O)[O-])c2)c(C)n1Cc1ccc(F)cc1. The summed E-state index contributed by atoms with van der Waals surface area (Å²) < 4.78 is 16.4. The Kier molecular flexibility index (Phi) is 4.66. The van der Waals surface area contributed by atoms with Gasteiger partial charge in [0.15, 0.2) is 5.78 Å². The molecule has 0 bridgehead atoms. The zero-order valence-corrected chi connectivity index (χ0v) is 14.3. The lowest BCUT2D eigenvalue weighted by Crippen LogP contribution is -2.11. The highest BCUT2D eigenvalue weighted by Crippen LogP contribution is 2.19. The standard InChI is InChI=1S/C18H17FN4O3/c1-12-7-16(17(24)9-21-10-18(20-11-21)23(25)26)13(2)22(12)8-14-3-5-15(19)6-4-14/h3-7,10-11H,8-9H2,1-2H3. The number of rotatable bonds is 6. The van der Waals surface area contributed by atoms with Gasteiger partial charge in [0.1, 0.15) is 12.0 Å². The van der Waals surface area contributed by atoms with Crippen molar-refractivity contribution in [3.8, 4) is 0 Å². The Hall–Kier alpha value is -3.29. The van der Waals surface area contributed by atoms with Gasteiger partial charge in [-0.05, 0) is 47.5 Å². The molecule has 0 radical (unpaired) electrons. The lowest BCUT2D eigenvalue weighted by atomic mass is 10.1. The summed E-state index contributed by atoms with van der Waals surface area (Å²) in [6.07, 6.45) is 2.50. The number of Topliss-reactive ketones (excluding diaryl/α,β-unsaturated/α-hetero) is 1. The Labute approximate surface area is 148 Å². The largest absolute Gasteiger partial charge is 0.381 e. The van der Waals surface area contributed by atoms with E-state index < -0.39 is 4.92 Å². The molecule has 3 rings (SSSR count). The molecular formula is C18H17FN4O3. The summed E-state index contributed by atoms with van der Waals surface area (Å²) in [7, 11) is 0. The van der Waals surface area contributed by atoms with Crippen molar-refractivity contribution >= 4 is 11.6 Å². The van der Waals surface area contributed by atoms with Crippen molar-refractivity contribution in [2.24, 2.45) is 0 Å². The monoisotopic (exact) mass is 356 g/mol. The minimum atomic E-state index is -0.602. The van der Waals surface area contributed by atoms with Gasteiger partial charge in [-0.1, -0.05) is 12.1 Å². The van der Waals surface area contributed by atoms with Crippen molar-refractivity contribution in [1.82, 2.24) is 14.1 Å². The maximum Gasteiger partial charge on any atom is 0.381 e. The topological polar surface area (TPSA) is 83.0 Å². The Balaban J connectivity index is 1.80. The maximum absolute atomic E-state index is 13.1. The first kappa shape index (κ1) is 17.5. The molecule has 0 fully saturated rings. The van der Waals surface area contributed by atoms with Gasteiger partial charge in [0, 0.05) is 23.5 Å². The van der Waals surface area contributed by atoms with E-state index in [9.17, 15) is 19.3 Å². The van der Waals surface area contributed by atoms with Gasteiger partial charge in [0.2, 0.25) is 6.33 Å². The van der Waals surface area contributed by atoms with Gasteiger partial charge in [-0.25, -0.2) is 4.39 Å². The lowest BCUT2D eigenvalue weighted by Gasteiger charge is -2.10. The van der Waals surface area contributed by atoms with E-state index in [-0.39, 0.29) is 24.0 Å². The van der Waals surface area contributed by atoms with Crippen molar-refractivity contribution in [3.63, 3.8) is 0 Å². The molecule has 0 saturated heterocycles. The Morgan fingerprint density at radius 3 is 2.58 bits per heavy atom. The van der Waals surface area contributed by atoms with Crippen molar-refractivity contribution in [2.75, 3.05) is 0 Å². The highest BCUT2D eigenvalue weighted by atomic mass is 19.1. The van der Waals surface area contributed by atoms with Crippen LogP contribution in [0.2, 0.25) is 0 Å². The third kappa shape index (κ3) is 3.53. The van der Waals surface area contributed by atoms with Gasteiger partial charge in [-0.15, -0.1) is 0 Å². The van der Waals surface area contributed by atoms with Gasteiger partial charge in [-0.3, -0.25) is 4.79 Å². The predicted octanol–water partition coefficient (Wildman–Crippen LogP) is 3.28. The fourth-order valence-electron chi connectivity index (χ4n) is 2.88. The number of nitro groups is 1. The fraction of sp³-hybridized carbons (Fsp3) is 0.222. The lowest BCUT2D eigenvalue weighted by molar-refractivity contribution is -0.389. The minimum Gasteiger partial charge on any atom is -0.358 e. The molecule has 0 spiro atoms. The molecule has 0 aliphatic rings. The zero-order chi connectivity index (χ0) is 18.8. The molecule has 2 aromatic heterocycles. The van der Waals surface area contributed by atoms with Gasteiger partial charge < -0.3 is 19.2 Å². The molecule has 0 atom stereocenters. The van der Waals surface area contributed by atoms with Crippen molar-refractivity contribution in [2.45, 2.75) is 26.9 Å². The van der Waals surface area contributed by atoms with Crippen LogP contribution < -0.4 is 0 Å². The van der Waals surface area contributed by atoms with E-state index in [1.165, 1.54) is 29.2 Å². The van der Waals surface area contributed by atoms with E-state index in [1.807, 2.05) is 18.4 Å². The first-order valence-electron chi connectivity index (χ1n) is 7.95. The van der Waals surface area contributed by atoms with E-state index in [2.05, 4.69) is 4.98 Å². The number of carbonyl (C=O) groups excluding carboxylic acids is 1. The summed E-state index contributed by atoms with van der Waals surface area (Å²) in [6, 6.07) is 8.02. The third-order valence-electron chi connectivity index (χ3n) is 4.26. The molecule has 7 nitrogen and oxygen atoms in total. The highest BCUT2D eigenvalue weighted by molar-refractivity contribution is 5.97. The van der Waals surface area contributed by atoms with Crippen LogP contribution in [0.15, 0.2) is 42.9 Å². The summed E-state index contributed by atoms with van der Waals surface area (Å²) in [5, 5.41) is 10.7. The van der Waals surface area contributed by atoms with Gasteiger partial charge in [0.25, 0.3) is 0 Å². The highest BCUT2D eigenvalue weighted by Gasteiger charge is 2.18. The van der Waals surface area contributed by atoms with Crippen LogP contribution in [0.3, 0.4) is 0 Å². The molecule has 0 amide bonds. The van der Waals surface area contributed by atoms with Crippen molar-refractivity contribution in [3.05, 3.63) is 81.3 Å². The van der Waals surface area contributed by atoms with Gasteiger partial charge in [0.05, 0.1) is 6.54 Å². The van der Waals surface area contributed by atoms with E-state index in [0.717, 1.165) is 17.0 Å². The molecule has 134 valence electrons. The number of ketones is 1. The van der Waals surface area contributed by atoms with E-state index in [4.69, 9.17) is 0 Å². The van der Waals surface area contributed by atoms with E-state index in [0.29, 0.717) is 12.1 Å². The van der Waals surface area contributed by atoms with Crippen LogP contribution in [0.4, 0.5) is 10.2 Å². The summed E-state index contributed by atoms with van der Waals surface area (Å²) in [5.41, 5.74) is 3.19. The molecule has 3 aromatic rings. The molecule has 0 saturated carbocycles. The number of hydrogen-bond acceptors (Lipinski definition) is 4. The van der Waals surface area contributed by atoms with Gasteiger partial charge >= 0.3 is 5.82 Å². The van der Waals surface area contributed by atoms with Crippen LogP contribution >= 0.6 is 0 Å². The first-order valence-corrected chi connectivity index (χ1v) is 7.95. The molecular weight excluding hydrogens is 339 g/mol. The smallest absolute Gasteiger partial charge is 0.358 e. The third-order valence-corrected chi connectivity index (χ3v) is 4.26. The van der Waals surface area contributed by atoms with Crippen LogP contribution in [0.1, 0.15) is 27.3 Å². The van der Waals surface area contributed by atoms with Crippen LogP contribution in [0.5, 0.6) is 0 Å². The number of aromatic nitrogens is 3. The number of aryl methyl sites for hydroxylation is 1. The van der Waals surface area contributed by atoms with Crippen molar-refractivity contribution in [1.29, 1.82) is 0 Å². The predicted molar refractivity (Wildman–Crippen MR) is 92.6 cm³/mol. The number of nitrogens with zero attached hydrogens (tertiary/aromatic N) is 4. The number of hydrogen-bond donors (Lipinski definition) is 0. The average Bonchev–Trinajstić information content (AvgIpc) is 3.16. The molecule has 0 N–H and O–H groups in total. The summed E-state index contributed by atoms with van der Waals surface area (Å²) in [6.45, 7) is 4.25. The first-order chi connectivity index (χ1) is 12.3. The van der Waals surface area contributed by atoms with Crippen LogP contribution in [0.25, 0.3) is 0 Å².